The quantitative estimate of drug-likeness (QED) is 0.633. The molecule has 1 atom stereocenters. The Balaban J connectivity index is 2.04. The minimum atomic E-state index is -0.474. The van der Waals surface area contributed by atoms with Crippen LogP contribution < -0.4 is 5.32 Å². The molecule has 0 fully saturated rings. The van der Waals surface area contributed by atoms with Gasteiger partial charge in [0.1, 0.15) is 6.10 Å². The van der Waals surface area contributed by atoms with Gasteiger partial charge in [-0.05, 0) is 31.2 Å². The number of hydrogen-bond acceptors (Lipinski definition) is 5. The van der Waals surface area contributed by atoms with E-state index >= 15 is 0 Å². The van der Waals surface area contributed by atoms with E-state index < -0.39 is 4.92 Å². The molecule has 1 aromatic heterocycles. The van der Waals surface area contributed by atoms with Gasteiger partial charge < -0.3 is 10.1 Å². The Morgan fingerprint density at radius 1 is 1.43 bits per heavy atom. The van der Waals surface area contributed by atoms with Crippen LogP contribution in [0.4, 0.5) is 5.69 Å². The normalized spacial score (nSPS) is 12.0. The van der Waals surface area contributed by atoms with Crippen molar-refractivity contribution in [3.63, 3.8) is 0 Å². The summed E-state index contributed by atoms with van der Waals surface area (Å²) >= 11 is 7.29. The van der Waals surface area contributed by atoms with Crippen LogP contribution in [0.25, 0.3) is 0 Å². The van der Waals surface area contributed by atoms with Gasteiger partial charge in [0.25, 0.3) is 11.6 Å². The number of nitro groups is 1. The summed E-state index contributed by atoms with van der Waals surface area (Å²) in [6.45, 7) is 1.88. The minimum absolute atomic E-state index is 0.00968. The monoisotopic (exact) mass is 354 g/mol. The molecule has 1 aromatic carbocycles. The number of nitrogens with zero attached hydrogens (tertiary/aromatic N) is 1. The van der Waals surface area contributed by atoms with Gasteiger partial charge in [0, 0.05) is 35.7 Å². The predicted molar refractivity (Wildman–Crippen MR) is 89.2 cm³/mol. The van der Waals surface area contributed by atoms with Crippen molar-refractivity contribution in [2.75, 3.05) is 13.7 Å². The number of methoxy groups -OCH3 is 1. The first-order valence-corrected chi connectivity index (χ1v) is 7.93. The van der Waals surface area contributed by atoms with Gasteiger partial charge in [-0.25, -0.2) is 0 Å². The van der Waals surface area contributed by atoms with Gasteiger partial charge >= 0.3 is 0 Å². The Kier molecular flexibility index (Phi) is 5.70. The van der Waals surface area contributed by atoms with Crippen LogP contribution in [0.1, 0.15) is 26.9 Å². The molecular weight excluding hydrogens is 340 g/mol. The first-order chi connectivity index (χ1) is 10.9. The third-order valence-corrected chi connectivity index (χ3v) is 4.62. The Morgan fingerprint density at radius 3 is 2.70 bits per heavy atom. The summed E-state index contributed by atoms with van der Waals surface area (Å²) in [5, 5.41) is 13.6. The van der Waals surface area contributed by atoms with Crippen LogP contribution in [0.2, 0.25) is 4.34 Å². The van der Waals surface area contributed by atoms with E-state index in [0.29, 0.717) is 15.5 Å². The van der Waals surface area contributed by atoms with Crippen LogP contribution in [0.5, 0.6) is 0 Å². The van der Waals surface area contributed by atoms with Crippen molar-refractivity contribution in [1.82, 2.24) is 5.32 Å². The molecule has 2 aromatic rings. The topological polar surface area (TPSA) is 81.5 Å². The Morgan fingerprint density at radius 2 is 2.17 bits per heavy atom. The third-order valence-electron chi connectivity index (χ3n) is 3.30. The number of carbonyl (C=O) groups excluding carboxylic acids is 1. The maximum Gasteiger partial charge on any atom is 0.272 e. The number of benzene rings is 1. The number of hydrogen-bond donors (Lipinski definition) is 1. The average molecular weight is 355 g/mol. The first kappa shape index (κ1) is 17.4. The molecule has 8 heteroatoms. The number of carbonyl (C=O) groups is 1. The van der Waals surface area contributed by atoms with Crippen LogP contribution >= 0.6 is 22.9 Å². The summed E-state index contributed by atoms with van der Waals surface area (Å²) in [6, 6.07) is 7.89. The summed E-state index contributed by atoms with van der Waals surface area (Å²) in [6.07, 6.45) is -0.296. The lowest BCUT2D eigenvalue weighted by molar-refractivity contribution is -0.385. The van der Waals surface area contributed by atoms with E-state index in [1.165, 1.54) is 29.5 Å². The van der Waals surface area contributed by atoms with E-state index in [1.807, 2.05) is 6.07 Å². The number of nitrogens with one attached hydrogen (secondary N) is 1. The molecule has 0 spiro atoms. The highest BCUT2D eigenvalue weighted by atomic mass is 35.5. The fraction of sp³-hybridized carbons (Fsp3) is 0.267. The minimum Gasteiger partial charge on any atom is -0.374 e. The molecule has 122 valence electrons. The molecule has 1 N–H and O–H groups in total. The van der Waals surface area contributed by atoms with Crippen molar-refractivity contribution in [3.05, 3.63) is 60.8 Å². The van der Waals surface area contributed by atoms with Crippen LogP contribution in [0.3, 0.4) is 0 Å². The van der Waals surface area contributed by atoms with Crippen LogP contribution in [-0.2, 0) is 4.74 Å². The largest absolute Gasteiger partial charge is 0.374 e. The SMILES string of the molecule is COC(CNC(=O)c1ccc([N+](=O)[O-])c(C)c1)c1ccc(Cl)s1. The van der Waals surface area contributed by atoms with Crippen LogP contribution in [-0.4, -0.2) is 24.5 Å². The van der Waals surface area contributed by atoms with Crippen molar-refractivity contribution in [3.8, 4) is 0 Å². The van der Waals surface area contributed by atoms with Gasteiger partial charge in [-0.3, -0.25) is 14.9 Å². The Hall–Kier alpha value is -1.96. The summed E-state index contributed by atoms with van der Waals surface area (Å²) < 4.78 is 6.01. The number of aryl methyl sites for hydroxylation is 1. The molecular formula is C15H15ClN2O4S. The molecule has 1 heterocycles. The Labute approximate surface area is 142 Å². The van der Waals surface area contributed by atoms with Crippen LogP contribution in [0.15, 0.2) is 30.3 Å². The lowest BCUT2D eigenvalue weighted by atomic mass is 10.1. The van der Waals surface area contributed by atoms with E-state index in [9.17, 15) is 14.9 Å². The number of thiophene rings is 1. The lowest BCUT2D eigenvalue weighted by Crippen LogP contribution is -2.28. The average Bonchev–Trinajstić information content (AvgIpc) is 2.93. The fourth-order valence-electron chi connectivity index (χ4n) is 2.09. The van der Waals surface area contributed by atoms with Gasteiger partial charge in [0.15, 0.2) is 0 Å². The molecule has 23 heavy (non-hydrogen) atoms. The van der Waals surface area contributed by atoms with E-state index in [0.717, 1.165) is 4.88 Å². The summed E-state index contributed by atoms with van der Waals surface area (Å²) in [5.74, 6) is -0.312. The maximum atomic E-state index is 12.2. The lowest BCUT2D eigenvalue weighted by Gasteiger charge is -2.14. The standard InChI is InChI=1S/C15H15ClN2O4S/c1-9-7-10(3-4-11(9)18(20)21)15(19)17-8-12(22-2)13-5-6-14(16)23-13/h3-7,12H,8H2,1-2H3,(H,17,19). The molecule has 0 aliphatic heterocycles. The molecule has 0 aliphatic rings. The number of halogens is 1. The number of rotatable bonds is 6. The van der Waals surface area contributed by atoms with E-state index in [2.05, 4.69) is 5.32 Å². The second-order valence-electron chi connectivity index (χ2n) is 4.83. The highest BCUT2D eigenvalue weighted by molar-refractivity contribution is 7.16. The number of nitro benzene ring substituents is 1. The molecule has 0 saturated heterocycles. The zero-order valence-corrected chi connectivity index (χ0v) is 14.1. The van der Waals surface area contributed by atoms with Crippen molar-refractivity contribution >= 4 is 34.5 Å². The number of amides is 1. The summed E-state index contributed by atoms with van der Waals surface area (Å²) in [5.41, 5.74) is 0.799. The zero-order chi connectivity index (χ0) is 17.0. The molecule has 1 amide bonds. The van der Waals surface area contributed by atoms with Crippen molar-refractivity contribution in [2.24, 2.45) is 0 Å². The second kappa shape index (κ2) is 7.54. The summed E-state index contributed by atoms with van der Waals surface area (Å²) in [7, 11) is 1.56. The van der Waals surface area contributed by atoms with E-state index in [4.69, 9.17) is 16.3 Å². The number of ether oxygens (including phenoxy) is 1. The third kappa shape index (κ3) is 4.28. The molecule has 0 radical (unpaired) electrons. The maximum absolute atomic E-state index is 12.2. The Bertz CT molecular complexity index is 732. The van der Waals surface area contributed by atoms with Crippen molar-refractivity contribution in [2.45, 2.75) is 13.0 Å². The first-order valence-electron chi connectivity index (χ1n) is 6.73. The van der Waals surface area contributed by atoms with Crippen molar-refractivity contribution < 1.29 is 14.5 Å². The highest BCUT2D eigenvalue weighted by Gasteiger charge is 2.17. The fourth-order valence-corrected chi connectivity index (χ4v) is 3.23. The van der Waals surface area contributed by atoms with Gasteiger partial charge in [-0.1, -0.05) is 11.6 Å². The van der Waals surface area contributed by atoms with Gasteiger partial charge in [0.05, 0.1) is 9.26 Å². The molecule has 2 rings (SSSR count). The zero-order valence-electron chi connectivity index (χ0n) is 12.5. The van der Waals surface area contributed by atoms with Crippen LogP contribution in [0, 0.1) is 17.0 Å². The van der Waals surface area contributed by atoms with Gasteiger partial charge in [-0.2, -0.15) is 0 Å². The van der Waals surface area contributed by atoms with E-state index in [1.54, 1.807) is 20.1 Å². The molecule has 0 aliphatic carbocycles. The molecule has 0 saturated carbocycles. The predicted octanol–water partition coefficient (Wildman–Crippen LogP) is 3.74. The molecule has 1 unspecified atom stereocenters. The highest BCUT2D eigenvalue weighted by Crippen LogP contribution is 2.28. The van der Waals surface area contributed by atoms with Gasteiger partial charge in [-0.15, -0.1) is 11.3 Å². The molecule has 0 bridgehead atoms. The van der Waals surface area contributed by atoms with Gasteiger partial charge in [0.2, 0.25) is 0 Å². The van der Waals surface area contributed by atoms with E-state index in [-0.39, 0.29) is 24.2 Å². The second-order valence-corrected chi connectivity index (χ2v) is 6.58. The smallest absolute Gasteiger partial charge is 0.272 e. The molecule has 6 nitrogen and oxygen atoms in total. The van der Waals surface area contributed by atoms with Crippen molar-refractivity contribution in [1.29, 1.82) is 0 Å². The summed E-state index contributed by atoms with van der Waals surface area (Å²) in [4.78, 5) is 23.4.